The largest absolute Gasteiger partial charge is 0.379 e. The molecule has 1 aliphatic heterocycles. The Kier molecular flexibility index (Phi) is 7.16. The summed E-state index contributed by atoms with van der Waals surface area (Å²) in [5, 5.41) is 6.95. The van der Waals surface area contributed by atoms with Gasteiger partial charge < -0.3 is 19.1 Å². The van der Waals surface area contributed by atoms with Gasteiger partial charge in [0.25, 0.3) is 0 Å². The fraction of sp³-hybridized carbons (Fsp3) is 0.393. The van der Waals surface area contributed by atoms with Crippen molar-refractivity contribution in [3.8, 4) is 11.1 Å². The summed E-state index contributed by atoms with van der Waals surface area (Å²) in [6.07, 6.45) is 1.70. The Labute approximate surface area is 211 Å². The highest BCUT2D eigenvalue weighted by atomic mass is 16.5. The molecule has 3 heterocycles. The van der Waals surface area contributed by atoms with E-state index in [1.54, 1.807) is 0 Å². The molecule has 1 aliphatic rings. The lowest BCUT2D eigenvalue weighted by Gasteiger charge is -2.27. The van der Waals surface area contributed by atoms with E-state index in [2.05, 4.69) is 50.3 Å². The molecule has 0 aliphatic carbocycles. The number of morpholine rings is 1. The zero-order valence-corrected chi connectivity index (χ0v) is 21.2. The number of aromatic nitrogens is 3. The third-order valence-electron chi connectivity index (χ3n) is 6.80. The van der Waals surface area contributed by atoms with Crippen molar-refractivity contribution in [1.29, 1.82) is 0 Å². The maximum absolute atomic E-state index is 11.3. The second-order valence-electron chi connectivity index (χ2n) is 9.41. The summed E-state index contributed by atoms with van der Waals surface area (Å²) in [7, 11) is 0. The van der Waals surface area contributed by atoms with Crippen LogP contribution >= 0.6 is 0 Å². The number of rotatable bonds is 8. The van der Waals surface area contributed by atoms with Crippen molar-refractivity contribution >= 4 is 22.6 Å². The summed E-state index contributed by atoms with van der Waals surface area (Å²) in [6, 6.07) is 14.5. The predicted molar refractivity (Wildman–Crippen MR) is 140 cm³/mol. The summed E-state index contributed by atoms with van der Waals surface area (Å²) in [5.74, 6) is 1.84. The molecular weight excluding hydrogens is 454 g/mol. The van der Waals surface area contributed by atoms with Gasteiger partial charge in [0.1, 0.15) is 11.6 Å². The molecule has 0 atom stereocenters. The number of nitrogens with one attached hydrogen (secondary N) is 1. The highest BCUT2D eigenvalue weighted by Gasteiger charge is 2.17. The number of imidazole rings is 1. The first kappa shape index (κ1) is 24.2. The lowest BCUT2D eigenvalue weighted by atomic mass is 10.0. The van der Waals surface area contributed by atoms with Crippen LogP contribution in [-0.2, 0) is 28.9 Å². The first-order valence-corrected chi connectivity index (χ1v) is 12.6. The molecule has 1 fully saturated rings. The number of carbonyl (C=O) groups excluding carboxylic acids is 1. The molecule has 2 aromatic carbocycles. The molecule has 8 heteroatoms. The van der Waals surface area contributed by atoms with E-state index in [0.717, 1.165) is 97.4 Å². The molecule has 0 radical (unpaired) electrons. The second kappa shape index (κ2) is 10.6. The fourth-order valence-corrected chi connectivity index (χ4v) is 4.95. The van der Waals surface area contributed by atoms with Gasteiger partial charge in [-0.15, -0.1) is 0 Å². The van der Waals surface area contributed by atoms with Gasteiger partial charge in [0, 0.05) is 50.8 Å². The molecule has 8 nitrogen and oxygen atoms in total. The van der Waals surface area contributed by atoms with E-state index in [1.165, 1.54) is 12.5 Å². The highest BCUT2D eigenvalue weighted by Crippen LogP contribution is 2.30. The van der Waals surface area contributed by atoms with Gasteiger partial charge in [0.2, 0.25) is 5.91 Å². The van der Waals surface area contributed by atoms with E-state index in [1.807, 2.05) is 26.0 Å². The molecular formula is C28H33N5O3. The molecule has 1 amide bonds. The molecule has 0 unspecified atom stereocenters. The first-order valence-electron chi connectivity index (χ1n) is 12.6. The lowest BCUT2D eigenvalue weighted by molar-refractivity contribution is -0.114. The summed E-state index contributed by atoms with van der Waals surface area (Å²) in [6.45, 7) is 10.8. The van der Waals surface area contributed by atoms with Crippen LogP contribution in [0.1, 0.15) is 29.8 Å². The van der Waals surface area contributed by atoms with Crippen LogP contribution in [-0.4, -0.2) is 58.4 Å². The van der Waals surface area contributed by atoms with Crippen LogP contribution in [0.25, 0.3) is 22.2 Å². The number of anilines is 1. The topological polar surface area (TPSA) is 85.4 Å². The Hall–Kier alpha value is -3.49. The van der Waals surface area contributed by atoms with E-state index >= 15 is 0 Å². The van der Waals surface area contributed by atoms with Gasteiger partial charge in [0.05, 0.1) is 29.9 Å². The van der Waals surface area contributed by atoms with Crippen molar-refractivity contribution in [2.75, 3.05) is 38.2 Å². The number of fused-ring (bicyclic) bond motifs is 1. The first-order chi connectivity index (χ1) is 17.5. The number of hydrogen-bond donors (Lipinski definition) is 1. The Bertz CT molecular complexity index is 1330. The van der Waals surface area contributed by atoms with E-state index in [9.17, 15) is 4.79 Å². The maximum atomic E-state index is 11.3. The Balaban J connectivity index is 1.41. The van der Waals surface area contributed by atoms with Crippen molar-refractivity contribution in [1.82, 2.24) is 19.6 Å². The predicted octanol–water partition coefficient (Wildman–Crippen LogP) is 4.38. The second-order valence-corrected chi connectivity index (χ2v) is 9.41. The Morgan fingerprint density at radius 1 is 1.03 bits per heavy atom. The molecule has 2 aromatic heterocycles. The van der Waals surface area contributed by atoms with Crippen LogP contribution < -0.4 is 5.32 Å². The van der Waals surface area contributed by atoms with Gasteiger partial charge in [-0.2, -0.15) is 0 Å². The average Bonchev–Trinajstić information content (AvgIpc) is 3.40. The van der Waals surface area contributed by atoms with Crippen molar-refractivity contribution in [2.24, 2.45) is 0 Å². The molecule has 188 valence electrons. The van der Waals surface area contributed by atoms with Crippen molar-refractivity contribution < 1.29 is 14.1 Å². The zero-order chi connectivity index (χ0) is 25.1. The monoisotopic (exact) mass is 487 g/mol. The minimum atomic E-state index is -0.0623. The van der Waals surface area contributed by atoms with Crippen LogP contribution in [0, 0.1) is 13.8 Å². The van der Waals surface area contributed by atoms with Crippen LogP contribution in [0.2, 0.25) is 0 Å². The van der Waals surface area contributed by atoms with Crippen molar-refractivity contribution in [2.45, 2.75) is 40.2 Å². The van der Waals surface area contributed by atoms with Gasteiger partial charge in [-0.05, 0) is 55.7 Å². The molecule has 1 saturated heterocycles. The quantitative estimate of drug-likeness (QED) is 0.397. The van der Waals surface area contributed by atoms with Gasteiger partial charge in [-0.25, -0.2) is 4.98 Å². The maximum Gasteiger partial charge on any atom is 0.221 e. The smallest absolute Gasteiger partial charge is 0.221 e. The van der Waals surface area contributed by atoms with E-state index in [4.69, 9.17) is 14.2 Å². The standard InChI is InChI=1S/C28H33N5O3/c1-19-28(20(2)36-31-19)23-7-10-26-25(18-23)30-27(33(26)13-12-32-14-16-35-17-15-32)11-6-22-4-8-24(9-5-22)29-21(3)34/h4-5,7-10,18H,6,11-17H2,1-3H3,(H,29,34). The summed E-state index contributed by atoms with van der Waals surface area (Å²) < 4.78 is 13.3. The van der Waals surface area contributed by atoms with Crippen LogP contribution in [0.5, 0.6) is 0 Å². The number of aryl methyl sites for hydroxylation is 4. The molecule has 36 heavy (non-hydrogen) atoms. The Morgan fingerprint density at radius 3 is 2.50 bits per heavy atom. The number of ether oxygens (including phenoxy) is 1. The third-order valence-corrected chi connectivity index (χ3v) is 6.80. The van der Waals surface area contributed by atoms with Gasteiger partial charge in [0.15, 0.2) is 0 Å². The van der Waals surface area contributed by atoms with Crippen molar-refractivity contribution in [3.63, 3.8) is 0 Å². The average molecular weight is 488 g/mol. The van der Waals surface area contributed by atoms with Crippen LogP contribution in [0.3, 0.4) is 0 Å². The van der Waals surface area contributed by atoms with Crippen molar-refractivity contribution in [3.05, 3.63) is 65.3 Å². The minimum absolute atomic E-state index is 0.0623. The number of hydrogen-bond acceptors (Lipinski definition) is 6. The normalized spacial score (nSPS) is 14.4. The number of amides is 1. The zero-order valence-electron chi connectivity index (χ0n) is 21.2. The number of nitrogens with zero attached hydrogens (tertiary/aromatic N) is 4. The van der Waals surface area contributed by atoms with E-state index in [-0.39, 0.29) is 5.91 Å². The number of carbonyl (C=O) groups is 1. The summed E-state index contributed by atoms with van der Waals surface area (Å²) >= 11 is 0. The van der Waals surface area contributed by atoms with E-state index < -0.39 is 0 Å². The number of benzene rings is 2. The molecule has 0 bridgehead atoms. The van der Waals surface area contributed by atoms with Gasteiger partial charge >= 0.3 is 0 Å². The third kappa shape index (κ3) is 5.34. The minimum Gasteiger partial charge on any atom is -0.379 e. The molecule has 0 saturated carbocycles. The molecule has 0 spiro atoms. The highest BCUT2D eigenvalue weighted by molar-refractivity contribution is 5.88. The summed E-state index contributed by atoms with van der Waals surface area (Å²) in [4.78, 5) is 18.8. The Morgan fingerprint density at radius 2 is 1.81 bits per heavy atom. The van der Waals surface area contributed by atoms with Crippen LogP contribution in [0.15, 0.2) is 47.0 Å². The molecule has 4 aromatic rings. The molecule has 1 N–H and O–H groups in total. The van der Waals surface area contributed by atoms with E-state index in [0.29, 0.717) is 0 Å². The van der Waals surface area contributed by atoms with Crippen LogP contribution in [0.4, 0.5) is 5.69 Å². The summed E-state index contributed by atoms with van der Waals surface area (Å²) in [5.41, 5.74) is 7.18. The van der Waals surface area contributed by atoms with Gasteiger partial charge in [-0.3, -0.25) is 9.69 Å². The fourth-order valence-electron chi connectivity index (χ4n) is 4.95. The lowest BCUT2D eigenvalue weighted by Crippen LogP contribution is -2.38. The van der Waals surface area contributed by atoms with Gasteiger partial charge in [-0.1, -0.05) is 23.4 Å². The SMILES string of the molecule is CC(=O)Nc1ccc(CCc2nc3cc(-c4c(C)noc4C)ccc3n2CCN2CCOCC2)cc1. The molecule has 5 rings (SSSR count).